The molecule has 37 heavy (non-hydrogen) atoms. The summed E-state index contributed by atoms with van der Waals surface area (Å²) in [6.07, 6.45) is -3.38. The zero-order valence-corrected chi connectivity index (χ0v) is 20.7. The normalized spacial score (nSPS) is 17.8. The maximum atomic E-state index is 13.4. The largest absolute Gasteiger partial charge is 0.586 e. The highest BCUT2D eigenvalue weighted by Crippen LogP contribution is 2.52. The lowest BCUT2D eigenvalue weighted by Gasteiger charge is -2.23. The number of aliphatic hydroxyl groups is 1. The fourth-order valence-corrected chi connectivity index (χ4v) is 4.84. The van der Waals surface area contributed by atoms with Crippen LogP contribution in [0.2, 0.25) is 0 Å². The van der Waals surface area contributed by atoms with Crippen LogP contribution >= 0.6 is 0 Å². The van der Waals surface area contributed by atoms with Gasteiger partial charge in [0.2, 0.25) is 5.91 Å². The van der Waals surface area contributed by atoms with Gasteiger partial charge in [-0.15, -0.1) is 8.78 Å². The number of carbonyl (C=O) groups excluding carboxylic acids is 1. The molecule has 0 radical (unpaired) electrons. The summed E-state index contributed by atoms with van der Waals surface area (Å²) in [4.78, 5) is 16.0. The summed E-state index contributed by atoms with van der Waals surface area (Å²) in [6, 6.07) is 12.0. The van der Waals surface area contributed by atoms with Gasteiger partial charge in [0.25, 0.3) is 0 Å². The number of carbonyl (C=O) groups is 1. The number of rotatable bonds is 7. The molecule has 2 aliphatic rings. The van der Waals surface area contributed by atoms with Gasteiger partial charge in [0.15, 0.2) is 11.5 Å². The Morgan fingerprint density at radius 1 is 1.19 bits per heavy atom. The van der Waals surface area contributed by atoms with Crippen molar-refractivity contribution < 1.29 is 28.2 Å². The number of halogens is 2. The van der Waals surface area contributed by atoms with Crippen LogP contribution in [-0.4, -0.2) is 34.5 Å². The van der Waals surface area contributed by atoms with Crippen molar-refractivity contribution in [1.82, 2.24) is 4.57 Å². The predicted octanol–water partition coefficient (Wildman–Crippen LogP) is 5.60. The number of anilines is 1. The second-order valence-electron chi connectivity index (χ2n) is 10.6. The summed E-state index contributed by atoms with van der Waals surface area (Å²) >= 11 is 0. The maximum Gasteiger partial charge on any atom is 0.586 e. The molecule has 1 saturated carbocycles. The summed E-state index contributed by atoms with van der Waals surface area (Å²) in [5.74, 6) is -0.362. The molecule has 3 aromatic rings. The molecule has 1 aliphatic carbocycles. The molecule has 11 heteroatoms. The van der Waals surface area contributed by atoms with E-state index in [9.17, 15) is 18.7 Å². The Kier molecular flexibility index (Phi) is 5.80. The van der Waals surface area contributed by atoms with Crippen LogP contribution in [0.25, 0.3) is 21.3 Å². The van der Waals surface area contributed by atoms with Gasteiger partial charge in [-0.2, -0.15) is 0 Å². The van der Waals surface area contributed by atoms with E-state index in [0.29, 0.717) is 24.1 Å². The van der Waals surface area contributed by atoms with Gasteiger partial charge in [-0.3, -0.25) is 4.79 Å². The van der Waals surface area contributed by atoms with Gasteiger partial charge >= 0.3 is 6.29 Å². The van der Waals surface area contributed by atoms with Crippen LogP contribution in [0.5, 0.6) is 11.5 Å². The Bertz CT molecular complexity index is 1430. The minimum atomic E-state index is -3.71. The number of aliphatic hydroxyl groups excluding tert-OH is 1. The number of ether oxygens (including phenoxy) is 2. The molecule has 1 aromatic heterocycles. The topological polar surface area (TPSA) is 121 Å². The molecule has 0 saturated heterocycles. The molecule has 1 fully saturated rings. The van der Waals surface area contributed by atoms with E-state index in [1.165, 1.54) is 12.1 Å². The van der Waals surface area contributed by atoms with Crippen molar-refractivity contribution in [2.75, 3.05) is 11.9 Å². The summed E-state index contributed by atoms with van der Waals surface area (Å²) in [7, 11) is 0. The molecule has 2 heterocycles. The summed E-state index contributed by atoms with van der Waals surface area (Å²) in [5.41, 5.74) is 10.6. The van der Waals surface area contributed by atoms with Crippen molar-refractivity contribution in [3.8, 4) is 11.5 Å². The van der Waals surface area contributed by atoms with Crippen LogP contribution in [-0.2, 0) is 22.2 Å². The number of alkyl halides is 2. The Hall–Kier alpha value is -3.82. The molecule has 1 aliphatic heterocycles. The van der Waals surface area contributed by atoms with Crippen LogP contribution in [0, 0.1) is 0 Å². The van der Waals surface area contributed by atoms with Crippen LogP contribution < -0.4 is 14.8 Å². The molecular formula is C26H27F2N5O4. The lowest BCUT2D eigenvalue weighted by molar-refractivity contribution is -0.286. The molecule has 1 atom stereocenters. The van der Waals surface area contributed by atoms with Crippen molar-refractivity contribution in [1.29, 1.82) is 0 Å². The van der Waals surface area contributed by atoms with Crippen LogP contribution in [0.1, 0.15) is 44.9 Å². The van der Waals surface area contributed by atoms with E-state index in [4.69, 9.17) is 5.53 Å². The van der Waals surface area contributed by atoms with Gasteiger partial charge in [0.05, 0.1) is 18.1 Å². The van der Waals surface area contributed by atoms with Gasteiger partial charge in [-0.1, -0.05) is 32.0 Å². The van der Waals surface area contributed by atoms with E-state index in [2.05, 4.69) is 45.6 Å². The number of nitrogens with zero attached hydrogens (tertiary/aromatic N) is 4. The number of benzene rings is 2. The number of azide groups is 1. The smallest absolute Gasteiger partial charge is 0.395 e. The second kappa shape index (κ2) is 8.64. The van der Waals surface area contributed by atoms with Crippen LogP contribution in [0.4, 0.5) is 14.5 Å². The molecular weight excluding hydrogens is 484 g/mol. The van der Waals surface area contributed by atoms with E-state index in [-0.39, 0.29) is 35.9 Å². The van der Waals surface area contributed by atoms with Gasteiger partial charge in [-0.05, 0) is 60.3 Å². The van der Waals surface area contributed by atoms with Crippen molar-refractivity contribution in [3.63, 3.8) is 0 Å². The van der Waals surface area contributed by atoms with E-state index in [1.807, 2.05) is 22.8 Å². The van der Waals surface area contributed by atoms with Crippen molar-refractivity contribution >= 4 is 22.5 Å². The third kappa shape index (κ3) is 4.68. The van der Waals surface area contributed by atoms with Gasteiger partial charge in [0, 0.05) is 39.2 Å². The average molecular weight is 512 g/mol. The summed E-state index contributed by atoms with van der Waals surface area (Å²) in [6.45, 7) is 6.43. The third-order valence-electron chi connectivity index (χ3n) is 6.82. The predicted molar refractivity (Wildman–Crippen MR) is 133 cm³/mol. The maximum absolute atomic E-state index is 13.4. The first-order valence-electron chi connectivity index (χ1n) is 12.0. The van der Waals surface area contributed by atoms with Crippen molar-refractivity contribution in [3.05, 3.63) is 64.2 Å². The molecule has 2 aromatic carbocycles. The Balaban J connectivity index is 1.40. The minimum absolute atomic E-state index is 0.0342. The number of amides is 1. The quantitative estimate of drug-likeness (QED) is 0.244. The molecule has 0 spiro atoms. The Labute approximate surface area is 211 Å². The molecule has 1 amide bonds. The highest BCUT2D eigenvalue weighted by atomic mass is 19.3. The first kappa shape index (κ1) is 24.9. The summed E-state index contributed by atoms with van der Waals surface area (Å²) in [5, 5.41) is 17.7. The molecule has 0 bridgehead atoms. The first-order chi connectivity index (χ1) is 17.4. The zero-order chi connectivity index (χ0) is 26.6. The second-order valence-corrected chi connectivity index (χ2v) is 10.6. The van der Waals surface area contributed by atoms with Crippen LogP contribution in [0.15, 0.2) is 47.6 Å². The van der Waals surface area contributed by atoms with E-state index < -0.39 is 17.8 Å². The standard InChI is InChI=1S/C26H27F2N5O4/c1-24(2,3)22-11-15-10-17(5-6-19(15)33(22)14-18(34)13-30-32-29)31-23(35)25(8-9-25)16-4-7-20-21(12-16)37-26(27,28)36-20/h4-7,10-12,18,34H,8-9,13-14H2,1-3H3,(H,31,35). The van der Waals surface area contributed by atoms with Gasteiger partial charge in [-0.25, -0.2) is 0 Å². The lowest BCUT2D eigenvalue weighted by atomic mass is 9.92. The molecule has 5 rings (SSSR count). The molecule has 194 valence electrons. The lowest BCUT2D eigenvalue weighted by Crippen LogP contribution is -2.28. The number of fused-ring (bicyclic) bond motifs is 2. The first-order valence-corrected chi connectivity index (χ1v) is 12.0. The van der Waals surface area contributed by atoms with Crippen molar-refractivity contribution in [2.24, 2.45) is 5.11 Å². The SMILES string of the molecule is CC(C)(C)c1cc2cc(NC(=O)C3(c4ccc5c(c4)OC(F)(F)O5)CC3)ccc2n1CC(O)CN=[N+]=[N-]. The van der Waals surface area contributed by atoms with E-state index >= 15 is 0 Å². The Morgan fingerprint density at radius 2 is 1.92 bits per heavy atom. The van der Waals surface area contributed by atoms with E-state index in [1.54, 1.807) is 12.1 Å². The fourth-order valence-electron chi connectivity index (χ4n) is 4.84. The summed E-state index contributed by atoms with van der Waals surface area (Å²) < 4.78 is 37.9. The van der Waals surface area contributed by atoms with Gasteiger partial charge in [0.1, 0.15) is 0 Å². The minimum Gasteiger partial charge on any atom is -0.395 e. The Morgan fingerprint density at radius 3 is 2.59 bits per heavy atom. The highest BCUT2D eigenvalue weighted by Gasteiger charge is 2.52. The van der Waals surface area contributed by atoms with Crippen LogP contribution in [0.3, 0.4) is 0 Å². The highest BCUT2D eigenvalue weighted by molar-refractivity contribution is 6.02. The zero-order valence-electron chi connectivity index (χ0n) is 20.7. The third-order valence-corrected chi connectivity index (χ3v) is 6.82. The monoisotopic (exact) mass is 511 g/mol. The molecule has 9 nitrogen and oxygen atoms in total. The average Bonchev–Trinajstić information content (AvgIpc) is 3.46. The molecule has 1 unspecified atom stereocenters. The number of nitrogens with one attached hydrogen (secondary N) is 1. The number of aromatic nitrogens is 1. The number of hydrogen-bond donors (Lipinski definition) is 2. The molecule has 2 N–H and O–H groups in total. The van der Waals surface area contributed by atoms with Crippen molar-refractivity contribution in [2.45, 2.75) is 63.4 Å². The van der Waals surface area contributed by atoms with Gasteiger partial charge < -0.3 is 24.5 Å². The fraction of sp³-hybridized carbons (Fsp3) is 0.423. The number of hydrogen-bond acceptors (Lipinski definition) is 5. The van der Waals surface area contributed by atoms with E-state index in [0.717, 1.165) is 16.6 Å².